The molecule has 3 aromatic rings. The van der Waals surface area contributed by atoms with Crippen molar-refractivity contribution in [3.8, 4) is 17.2 Å². The Morgan fingerprint density at radius 3 is 2.09 bits per heavy atom. The maximum Gasteiger partial charge on any atom is 0.342 e. The minimum absolute atomic E-state index is 0.123. The van der Waals surface area contributed by atoms with Gasteiger partial charge in [0.2, 0.25) is 5.78 Å². The maximum absolute atomic E-state index is 13.1. The van der Waals surface area contributed by atoms with Gasteiger partial charge in [-0.15, -0.1) is 0 Å². The van der Waals surface area contributed by atoms with Crippen LogP contribution in [-0.4, -0.2) is 44.3 Å². The highest BCUT2D eigenvalue weighted by Crippen LogP contribution is 2.35. The molecular weight excluding hydrogens is 441 g/mol. The second kappa shape index (κ2) is 10.9. The SMILES string of the molecule is COc1cc(OC)c(C(=O)OCC(=O)c2cc(C)n(CCc3ccc(F)cc3)c2C)cc1OC. The van der Waals surface area contributed by atoms with Crippen molar-refractivity contribution >= 4 is 11.8 Å². The number of ether oxygens (including phenoxy) is 4. The molecule has 0 saturated carbocycles. The number of aromatic nitrogens is 1. The Balaban J connectivity index is 1.70. The van der Waals surface area contributed by atoms with E-state index in [-0.39, 0.29) is 22.9 Å². The second-order valence-electron chi connectivity index (χ2n) is 7.72. The fourth-order valence-electron chi connectivity index (χ4n) is 3.79. The molecule has 3 rings (SSSR count). The summed E-state index contributed by atoms with van der Waals surface area (Å²) in [6.45, 7) is 3.98. The minimum Gasteiger partial charge on any atom is -0.496 e. The van der Waals surface area contributed by atoms with Gasteiger partial charge in [-0.1, -0.05) is 12.1 Å². The van der Waals surface area contributed by atoms with Crippen LogP contribution < -0.4 is 14.2 Å². The Kier molecular flexibility index (Phi) is 7.94. The van der Waals surface area contributed by atoms with E-state index in [0.717, 1.165) is 17.0 Å². The molecule has 2 aromatic carbocycles. The van der Waals surface area contributed by atoms with Gasteiger partial charge in [-0.05, 0) is 44.0 Å². The summed E-state index contributed by atoms with van der Waals surface area (Å²) in [5.74, 6) is -0.309. The summed E-state index contributed by atoms with van der Waals surface area (Å²) in [5, 5.41) is 0. The highest BCUT2D eigenvalue weighted by molar-refractivity contribution is 6.01. The number of Topliss-reactive ketones (excluding diaryl/α,β-unsaturated/α-hetero) is 1. The lowest BCUT2D eigenvalue weighted by Crippen LogP contribution is -2.16. The number of nitrogens with zero attached hydrogens (tertiary/aromatic N) is 1. The van der Waals surface area contributed by atoms with Crippen molar-refractivity contribution in [1.29, 1.82) is 0 Å². The van der Waals surface area contributed by atoms with Gasteiger partial charge in [0, 0.05) is 35.6 Å². The average molecular weight is 470 g/mol. The van der Waals surface area contributed by atoms with Crippen molar-refractivity contribution in [2.24, 2.45) is 0 Å². The predicted octanol–water partition coefficient (Wildman–Crippen LogP) is 4.55. The fourth-order valence-corrected chi connectivity index (χ4v) is 3.79. The predicted molar refractivity (Wildman–Crippen MR) is 125 cm³/mol. The molecule has 8 heteroatoms. The van der Waals surface area contributed by atoms with Crippen LogP contribution in [0.2, 0.25) is 0 Å². The van der Waals surface area contributed by atoms with Crippen LogP contribution in [0, 0.1) is 19.7 Å². The molecular formula is C26H28FNO6. The van der Waals surface area contributed by atoms with Gasteiger partial charge >= 0.3 is 5.97 Å². The molecule has 0 aliphatic heterocycles. The van der Waals surface area contributed by atoms with E-state index in [1.54, 1.807) is 18.2 Å². The van der Waals surface area contributed by atoms with Crippen molar-refractivity contribution < 1.29 is 32.9 Å². The number of hydrogen-bond acceptors (Lipinski definition) is 6. The van der Waals surface area contributed by atoms with Gasteiger partial charge in [0.25, 0.3) is 0 Å². The summed E-state index contributed by atoms with van der Waals surface area (Å²) < 4.78 is 36.2. The van der Waals surface area contributed by atoms with Gasteiger partial charge in [-0.3, -0.25) is 4.79 Å². The molecule has 0 aliphatic carbocycles. The number of carbonyl (C=O) groups is 2. The summed E-state index contributed by atoms with van der Waals surface area (Å²) >= 11 is 0. The zero-order chi connectivity index (χ0) is 24.8. The highest BCUT2D eigenvalue weighted by Gasteiger charge is 2.22. The quantitative estimate of drug-likeness (QED) is 0.320. The Morgan fingerprint density at radius 1 is 0.853 bits per heavy atom. The zero-order valence-corrected chi connectivity index (χ0v) is 19.9. The normalized spacial score (nSPS) is 10.6. The third-order valence-corrected chi connectivity index (χ3v) is 5.67. The van der Waals surface area contributed by atoms with Gasteiger partial charge in [-0.25, -0.2) is 9.18 Å². The molecule has 0 fully saturated rings. The molecule has 0 aliphatic rings. The van der Waals surface area contributed by atoms with Crippen LogP contribution in [0.5, 0.6) is 17.2 Å². The van der Waals surface area contributed by atoms with E-state index in [0.29, 0.717) is 30.0 Å². The Bertz CT molecular complexity index is 1180. The van der Waals surface area contributed by atoms with E-state index in [9.17, 15) is 14.0 Å². The third kappa shape index (κ3) is 5.39. The number of ketones is 1. The van der Waals surface area contributed by atoms with Crippen LogP contribution in [0.25, 0.3) is 0 Å². The summed E-state index contributed by atoms with van der Waals surface area (Å²) in [6.07, 6.45) is 0.693. The number of rotatable bonds is 10. The number of hydrogen-bond donors (Lipinski definition) is 0. The van der Waals surface area contributed by atoms with E-state index in [1.807, 2.05) is 18.4 Å². The molecule has 0 amide bonds. The van der Waals surface area contributed by atoms with Gasteiger partial charge < -0.3 is 23.5 Å². The number of aryl methyl sites for hydroxylation is 2. The van der Waals surface area contributed by atoms with E-state index < -0.39 is 12.6 Å². The highest BCUT2D eigenvalue weighted by atomic mass is 19.1. The van der Waals surface area contributed by atoms with E-state index in [2.05, 4.69) is 0 Å². The molecule has 0 bridgehead atoms. The Morgan fingerprint density at radius 2 is 1.47 bits per heavy atom. The van der Waals surface area contributed by atoms with E-state index >= 15 is 0 Å². The van der Waals surface area contributed by atoms with Crippen LogP contribution in [-0.2, 0) is 17.7 Å². The zero-order valence-electron chi connectivity index (χ0n) is 19.9. The van der Waals surface area contributed by atoms with Crippen molar-refractivity contribution in [3.63, 3.8) is 0 Å². The minimum atomic E-state index is -0.712. The third-order valence-electron chi connectivity index (χ3n) is 5.67. The molecule has 34 heavy (non-hydrogen) atoms. The molecule has 0 radical (unpaired) electrons. The number of halogens is 1. The molecule has 0 atom stereocenters. The van der Waals surface area contributed by atoms with Crippen LogP contribution >= 0.6 is 0 Å². The molecule has 7 nitrogen and oxygen atoms in total. The first-order valence-corrected chi connectivity index (χ1v) is 10.7. The smallest absolute Gasteiger partial charge is 0.342 e. The summed E-state index contributed by atoms with van der Waals surface area (Å²) in [5.41, 5.74) is 3.31. The van der Waals surface area contributed by atoms with Crippen LogP contribution in [0.3, 0.4) is 0 Å². The summed E-state index contributed by atoms with van der Waals surface area (Å²) in [7, 11) is 4.35. The van der Waals surface area contributed by atoms with Gasteiger partial charge in [0.1, 0.15) is 17.1 Å². The van der Waals surface area contributed by atoms with Crippen LogP contribution in [0.4, 0.5) is 4.39 Å². The number of carbonyl (C=O) groups excluding carboxylic acids is 2. The standard InChI is InChI=1S/C26H28FNO6/c1-16-12-20(17(2)28(16)11-10-18-6-8-19(27)9-7-18)22(29)15-34-26(30)21-13-24(32-4)25(33-5)14-23(21)31-3/h6-9,12-14H,10-11,15H2,1-5H3. The Hall–Kier alpha value is -3.81. The largest absolute Gasteiger partial charge is 0.496 e. The van der Waals surface area contributed by atoms with Gasteiger partial charge in [0.05, 0.1) is 21.3 Å². The summed E-state index contributed by atoms with van der Waals surface area (Å²) in [4.78, 5) is 25.5. The monoisotopic (exact) mass is 469 g/mol. The fraction of sp³-hybridized carbons (Fsp3) is 0.308. The Labute approximate surface area is 198 Å². The molecule has 180 valence electrons. The first-order chi connectivity index (χ1) is 16.3. The van der Waals surface area contributed by atoms with Crippen LogP contribution in [0.15, 0.2) is 42.5 Å². The summed E-state index contributed by atoms with van der Waals surface area (Å²) in [6, 6.07) is 11.1. The lowest BCUT2D eigenvalue weighted by atomic mass is 10.1. The van der Waals surface area contributed by atoms with Crippen molar-refractivity contribution in [2.45, 2.75) is 26.8 Å². The van der Waals surface area contributed by atoms with E-state index in [1.165, 1.54) is 45.6 Å². The average Bonchev–Trinajstić information content (AvgIpc) is 3.14. The first kappa shape index (κ1) is 24.8. The molecule has 0 N–H and O–H groups in total. The van der Waals surface area contributed by atoms with Crippen molar-refractivity contribution in [2.75, 3.05) is 27.9 Å². The van der Waals surface area contributed by atoms with Gasteiger partial charge in [0.15, 0.2) is 18.1 Å². The molecule has 0 saturated heterocycles. The number of esters is 1. The second-order valence-corrected chi connectivity index (χ2v) is 7.72. The number of methoxy groups -OCH3 is 3. The molecule has 0 unspecified atom stereocenters. The first-order valence-electron chi connectivity index (χ1n) is 10.7. The van der Waals surface area contributed by atoms with Gasteiger partial charge in [-0.2, -0.15) is 0 Å². The molecule has 0 spiro atoms. The maximum atomic E-state index is 13.1. The molecule has 1 aromatic heterocycles. The van der Waals surface area contributed by atoms with E-state index in [4.69, 9.17) is 18.9 Å². The lowest BCUT2D eigenvalue weighted by Gasteiger charge is -2.13. The lowest BCUT2D eigenvalue weighted by molar-refractivity contribution is 0.0471. The van der Waals surface area contributed by atoms with Crippen molar-refractivity contribution in [3.05, 3.63) is 76.4 Å². The topological polar surface area (TPSA) is 76.0 Å². The number of benzene rings is 2. The van der Waals surface area contributed by atoms with Crippen molar-refractivity contribution in [1.82, 2.24) is 4.57 Å². The molecule has 1 heterocycles. The van der Waals surface area contributed by atoms with Crippen LogP contribution in [0.1, 0.15) is 37.7 Å².